The predicted octanol–water partition coefficient (Wildman–Crippen LogP) is 1.22. The van der Waals surface area contributed by atoms with E-state index in [1.807, 2.05) is 6.92 Å². The first-order valence-corrected chi connectivity index (χ1v) is 6.53. The molecular weight excluding hydrogens is 224 g/mol. The second-order valence-corrected chi connectivity index (χ2v) is 4.56. The van der Waals surface area contributed by atoms with Crippen molar-refractivity contribution in [1.29, 1.82) is 0 Å². The van der Waals surface area contributed by atoms with E-state index < -0.39 is 0 Å². The quantitative estimate of drug-likeness (QED) is 0.505. The summed E-state index contributed by atoms with van der Waals surface area (Å²) in [6.45, 7) is 4.68. The van der Waals surface area contributed by atoms with Gasteiger partial charge in [-0.1, -0.05) is 11.8 Å². The number of thioether (sulfide) groups is 1. The van der Waals surface area contributed by atoms with Crippen LogP contribution in [0.1, 0.15) is 18.7 Å². The van der Waals surface area contributed by atoms with Gasteiger partial charge in [0.05, 0.1) is 6.61 Å². The largest absolute Gasteiger partial charge is 0.383 e. The summed E-state index contributed by atoms with van der Waals surface area (Å²) >= 11 is 1.70. The summed E-state index contributed by atoms with van der Waals surface area (Å²) in [7, 11) is 1.72. The van der Waals surface area contributed by atoms with Gasteiger partial charge in [0.1, 0.15) is 5.82 Å². The Bertz CT molecular complexity index is 280. The predicted molar refractivity (Wildman–Crippen MR) is 65.8 cm³/mol. The van der Waals surface area contributed by atoms with Gasteiger partial charge in [0.15, 0.2) is 0 Å². The van der Waals surface area contributed by atoms with Gasteiger partial charge in [0, 0.05) is 19.4 Å². The van der Waals surface area contributed by atoms with Crippen LogP contribution < -0.4 is 5.32 Å². The van der Waals surface area contributed by atoms with Crippen molar-refractivity contribution in [2.75, 3.05) is 32.6 Å². The number of ether oxygens (including phenoxy) is 1. The van der Waals surface area contributed by atoms with E-state index >= 15 is 0 Å². The van der Waals surface area contributed by atoms with E-state index in [0.29, 0.717) is 0 Å². The zero-order valence-corrected chi connectivity index (χ0v) is 10.8. The summed E-state index contributed by atoms with van der Waals surface area (Å²) < 4.78 is 4.94. The van der Waals surface area contributed by atoms with Crippen LogP contribution in [0.15, 0.2) is 5.16 Å². The lowest BCUT2D eigenvalue weighted by molar-refractivity contribution is 0.199. The summed E-state index contributed by atoms with van der Waals surface area (Å²) in [6.07, 6.45) is 2.36. The van der Waals surface area contributed by atoms with Gasteiger partial charge in [-0.2, -0.15) is 0 Å². The second kappa shape index (κ2) is 8.55. The number of methoxy groups -OCH3 is 1. The molecule has 0 aliphatic rings. The minimum Gasteiger partial charge on any atom is -0.383 e. The molecule has 0 bridgehead atoms. The zero-order chi connectivity index (χ0) is 11.6. The Balaban J connectivity index is 1.88. The molecule has 0 aliphatic carbocycles. The summed E-state index contributed by atoms with van der Waals surface area (Å²) in [5.41, 5.74) is 0. The normalized spacial score (nSPS) is 10.9. The van der Waals surface area contributed by atoms with Crippen molar-refractivity contribution in [3.8, 4) is 0 Å². The van der Waals surface area contributed by atoms with E-state index in [-0.39, 0.29) is 0 Å². The summed E-state index contributed by atoms with van der Waals surface area (Å²) in [5.74, 6) is 1.95. The molecule has 1 rings (SSSR count). The molecule has 2 N–H and O–H groups in total. The van der Waals surface area contributed by atoms with Crippen molar-refractivity contribution in [2.24, 2.45) is 0 Å². The zero-order valence-electron chi connectivity index (χ0n) is 9.95. The monoisotopic (exact) mass is 244 g/mol. The smallest absolute Gasteiger partial charge is 0.208 e. The average Bonchev–Trinajstić information content (AvgIpc) is 2.68. The molecule has 92 valence electrons. The molecule has 0 unspecified atom stereocenters. The number of hydrogen-bond acceptors (Lipinski definition) is 5. The molecule has 0 aliphatic heterocycles. The van der Waals surface area contributed by atoms with Crippen LogP contribution in [-0.4, -0.2) is 47.7 Å². The van der Waals surface area contributed by atoms with Crippen LogP contribution in [0.3, 0.4) is 0 Å². The summed E-state index contributed by atoms with van der Waals surface area (Å²) in [6, 6.07) is 0. The lowest BCUT2D eigenvalue weighted by Gasteiger charge is -2.02. The van der Waals surface area contributed by atoms with Crippen molar-refractivity contribution in [2.45, 2.75) is 24.9 Å². The highest BCUT2D eigenvalue weighted by atomic mass is 32.2. The molecule has 0 fully saturated rings. The molecule has 0 amide bonds. The van der Waals surface area contributed by atoms with Gasteiger partial charge >= 0.3 is 0 Å². The molecule has 0 radical (unpaired) electrons. The van der Waals surface area contributed by atoms with Crippen LogP contribution >= 0.6 is 11.8 Å². The average molecular weight is 244 g/mol. The van der Waals surface area contributed by atoms with Crippen LogP contribution in [0.25, 0.3) is 0 Å². The molecule has 0 aromatic carbocycles. The van der Waals surface area contributed by atoms with Crippen molar-refractivity contribution in [3.05, 3.63) is 5.82 Å². The van der Waals surface area contributed by atoms with Gasteiger partial charge in [0.2, 0.25) is 5.16 Å². The van der Waals surface area contributed by atoms with E-state index in [2.05, 4.69) is 20.5 Å². The van der Waals surface area contributed by atoms with Crippen LogP contribution in [0.4, 0.5) is 0 Å². The number of rotatable bonds is 9. The van der Waals surface area contributed by atoms with Gasteiger partial charge in [0.25, 0.3) is 0 Å². The number of aromatic amines is 1. The van der Waals surface area contributed by atoms with Crippen LogP contribution in [0.2, 0.25) is 0 Å². The third kappa shape index (κ3) is 6.09. The van der Waals surface area contributed by atoms with Gasteiger partial charge < -0.3 is 10.1 Å². The highest BCUT2D eigenvalue weighted by Gasteiger charge is 1.99. The third-order valence-electron chi connectivity index (χ3n) is 2.04. The SMILES string of the molecule is COCCNCCCCSc1n[nH]c(C)n1. The molecule has 1 aromatic heterocycles. The minimum atomic E-state index is 0.783. The highest BCUT2D eigenvalue weighted by molar-refractivity contribution is 7.99. The number of unbranched alkanes of at least 4 members (excludes halogenated alkanes) is 1. The fourth-order valence-corrected chi connectivity index (χ4v) is 2.04. The fourth-order valence-electron chi connectivity index (χ4n) is 1.20. The molecule has 0 saturated heterocycles. The standard InChI is InChI=1S/C10H20N4OS/c1-9-12-10(14-13-9)16-8-4-3-5-11-6-7-15-2/h11H,3-8H2,1-2H3,(H,12,13,14). The Morgan fingerprint density at radius 3 is 2.94 bits per heavy atom. The molecule has 16 heavy (non-hydrogen) atoms. The van der Waals surface area contributed by atoms with Gasteiger partial charge in [-0.25, -0.2) is 4.98 Å². The van der Waals surface area contributed by atoms with Crippen LogP contribution in [0, 0.1) is 6.92 Å². The summed E-state index contributed by atoms with van der Waals surface area (Å²) in [5, 5.41) is 11.1. The van der Waals surface area contributed by atoms with Crippen molar-refractivity contribution < 1.29 is 4.74 Å². The van der Waals surface area contributed by atoms with E-state index in [1.165, 1.54) is 12.8 Å². The van der Waals surface area contributed by atoms with E-state index in [4.69, 9.17) is 4.74 Å². The van der Waals surface area contributed by atoms with Crippen molar-refractivity contribution in [3.63, 3.8) is 0 Å². The molecule has 0 atom stereocenters. The maximum Gasteiger partial charge on any atom is 0.208 e. The van der Waals surface area contributed by atoms with Gasteiger partial charge in [-0.05, 0) is 26.3 Å². The van der Waals surface area contributed by atoms with E-state index in [0.717, 1.165) is 36.4 Å². The first-order chi connectivity index (χ1) is 7.83. The Hall–Kier alpha value is -0.590. The van der Waals surface area contributed by atoms with Crippen molar-refractivity contribution in [1.82, 2.24) is 20.5 Å². The molecule has 6 heteroatoms. The van der Waals surface area contributed by atoms with Gasteiger partial charge in [-0.15, -0.1) is 5.10 Å². The second-order valence-electron chi connectivity index (χ2n) is 3.50. The first kappa shape index (κ1) is 13.5. The van der Waals surface area contributed by atoms with E-state index in [1.54, 1.807) is 18.9 Å². The Kier molecular flexibility index (Phi) is 7.20. The number of hydrogen-bond donors (Lipinski definition) is 2. The molecule has 0 spiro atoms. The number of aromatic nitrogens is 3. The maximum absolute atomic E-state index is 4.94. The fraction of sp³-hybridized carbons (Fsp3) is 0.800. The number of nitrogens with zero attached hydrogens (tertiary/aromatic N) is 2. The van der Waals surface area contributed by atoms with Crippen LogP contribution in [-0.2, 0) is 4.74 Å². The molecule has 5 nitrogen and oxygen atoms in total. The van der Waals surface area contributed by atoms with Gasteiger partial charge in [-0.3, -0.25) is 5.10 Å². The lowest BCUT2D eigenvalue weighted by atomic mass is 10.3. The first-order valence-electron chi connectivity index (χ1n) is 5.54. The lowest BCUT2D eigenvalue weighted by Crippen LogP contribution is -2.20. The Labute approximate surface area is 101 Å². The topological polar surface area (TPSA) is 62.8 Å². The summed E-state index contributed by atoms with van der Waals surface area (Å²) in [4.78, 5) is 4.23. The number of H-pyrrole nitrogens is 1. The third-order valence-corrected chi connectivity index (χ3v) is 2.97. The molecular formula is C10H20N4OS. The molecule has 1 heterocycles. The van der Waals surface area contributed by atoms with E-state index in [9.17, 15) is 0 Å². The van der Waals surface area contributed by atoms with Crippen LogP contribution in [0.5, 0.6) is 0 Å². The Morgan fingerprint density at radius 1 is 1.38 bits per heavy atom. The number of aryl methyl sites for hydroxylation is 1. The maximum atomic E-state index is 4.94. The van der Waals surface area contributed by atoms with Crippen molar-refractivity contribution >= 4 is 11.8 Å². The molecule has 0 saturated carbocycles. The highest BCUT2D eigenvalue weighted by Crippen LogP contribution is 2.13. The Morgan fingerprint density at radius 2 is 2.25 bits per heavy atom. The minimum absolute atomic E-state index is 0.783. The molecule has 1 aromatic rings. The number of nitrogens with one attached hydrogen (secondary N) is 2.